The topological polar surface area (TPSA) is 32.3 Å². The number of carbonyl (C=O) groups is 1. The largest absolute Gasteiger partial charge is 0.322 e. The predicted octanol–water partition coefficient (Wildman–Crippen LogP) is 3.27. The van der Waals surface area contributed by atoms with Crippen molar-refractivity contribution in [2.75, 3.05) is 12.8 Å². The van der Waals surface area contributed by atoms with Crippen LogP contribution >= 0.6 is 11.8 Å². The highest BCUT2D eigenvalue weighted by atomic mass is 32.2. The highest BCUT2D eigenvalue weighted by Gasteiger charge is 2.38. The van der Waals surface area contributed by atoms with Gasteiger partial charge in [-0.3, -0.25) is 10.1 Å². The lowest BCUT2D eigenvalue weighted by Crippen LogP contribution is -2.31. The molecule has 0 aromatic heterocycles. The molecule has 20 heavy (non-hydrogen) atoms. The summed E-state index contributed by atoms with van der Waals surface area (Å²) in [7, 11) is 0. The average molecular weight is 292 g/mol. The van der Waals surface area contributed by atoms with Crippen LogP contribution in [0, 0.1) is 5.92 Å². The van der Waals surface area contributed by atoms with E-state index in [0.717, 1.165) is 13.0 Å². The third-order valence-corrected chi connectivity index (χ3v) is 4.47. The van der Waals surface area contributed by atoms with Crippen molar-refractivity contribution < 1.29 is 4.79 Å². The third-order valence-electron chi connectivity index (χ3n) is 3.73. The second kappa shape index (κ2) is 6.64. The standard InChI is InChI=1S/C16H24N2OS/c1-5-18-15(12-6-8-13(20-4)9-7-12)17-14(16(18)19)10-11(2)3/h6-9,11,14-15,17H,5,10H2,1-4H3. The Kier molecular flexibility index (Phi) is 5.11. The summed E-state index contributed by atoms with van der Waals surface area (Å²) in [6.45, 7) is 7.10. The summed E-state index contributed by atoms with van der Waals surface area (Å²) in [5.74, 6) is 0.757. The van der Waals surface area contributed by atoms with E-state index in [0.29, 0.717) is 5.92 Å². The van der Waals surface area contributed by atoms with Gasteiger partial charge in [0.15, 0.2) is 0 Å². The van der Waals surface area contributed by atoms with E-state index in [-0.39, 0.29) is 18.1 Å². The average Bonchev–Trinajstić information content (AvgIpc) is 2.75. The van der Waals surface area contributed by atoms with Gasteiger partial charge in [0.1, 0.15) is 6.17 Å². The minimum Gasteiger partial charge on any atom is -0.322 e. The lowest BCUT2D eigenvalue weighted by atomic mass is 10.0. The molecule has 1 aromatic rings. The molecule has 0 bridgehead atoms. The van der Waals surface area contributed by atoms with Crippen LogP contribution < -0.4 is 5.32 Å². The Bertz CT molecular complexity index is 458. The second-order valence-electron chi connectivity index (χ2n) is 5.65. The molecule has 1 saturated heterocycles. The van der Waals surface area contributed by atoms with E-state index in [1.54, 1.807) is 11.8 Å². The summed E-state index contributed by atoms with van der Waals surface area (Å²) in [4.78, 5) is 15.6. The first kappa shape index (κ1) is 15.4. The van der Waals surface area contributed by atoms with Gasteiger partial charge < -0.3 is 4.90 Å². The summed E-state index contributed by atoms with van der Waals surface area (Å²) >= 11 is 1.74. The smallest absolute Gasteiger partial charge is 0.241 e. The zero-order chi connectivity index (χ0) is 14.7. The third kappa shape index (κ3) is 3.18. The van der Waals surface area contributed by atoms with Crippen LogP contribution in [0.25, 0.3) is 0 Å². The fraction of sp³-hybridized carbons (Fsp3) is 0.562. The molecule has 1 fully saturated rings. The van der Waals surface area contributed by atoms with Crippen LogP contribution in [0.3, 0.4) is 0 Å². The number of nitrogens with zero attached hydrogens (tertiary/aromatic N) is 1. The molecule has 2 unspecified atom stereocenters. The molecule has 0 radical (unpaired) electrons. The van der Waals surface area contributed by atoms with Gasteiger partial charge in [-0.15, -0.1) is 11.8 Å². The van der Waals surface area contributed by atoms with Crippen molar-refractivity contribution in [3.05, 3.63) is 29.8 Å². The molecular formula is C16H24N2OS. The van der Waals surface area contributed by atoms with Crippen LogP contribution in [0.5, 0.6) is 0 Å². The van der Waals surface area contributed by atoms with Crippen LogP contribution in [-0.4, -0.2) is 29.6 Å². The second-order valence-corrected chi connectivity index (χ2v) is 6.53. The molecule has 1 aliphatic heterocycles. The molecule has 2 rings (SSSR count). The Morgan fingerprint density at radius 2 is 1.95 bits per heavy atom. The molecule has 1 aliphatic rings. The molecule has 2 atom stereocenters. The van der Waals surface area contributed by atoms with Gasteiger partial charge >= 0.3 is 0 Å². The van der Waals surface area contributed by atoms with Gasteiger partial charge in [0, 0.05) is 11.4 Å². The van der Waals surface area contributed by atoms with Crippen molar-refractivity contribution >= 4 is 17.7 Å². The van der Waals surface area contributed by atoms with E-state index < -0.39 is 0 Å². The molecule has 1 heterocycles. The normalized spacial score (nSPS) is 22.9. The molecule has 0 aliphatic carbocycles. The molecule has 0 saturated carbocycles. The first-order valence-corrected chi connectivity index (χ1v) is 8.49. The lowest BCUT2D eigenvalue weighted by Gasteiger charge is -2.23. The van der Waals surface area contributed by atoms with Gasteiger partial charge in [-0.25, -0.2) is 0 Å². The first-order chi connectivity index (χ1) is 9.56. The summed E-state index contributed by atoms with van der Waals surface area (Å²) < 4.78 is 0. The SMILES string of the molecule is CCN1C(=O)C(CC(C)C)NC1c1ccc(SC)cc1. The minimum absolute atomic E-state index is 0.0205. The number of benzene rings is 1. The maximum atomic E-state index is 12.4. The number of hydrogen-bond acceptors (Lipinski definition) is 3. The Morgan fingerprint density at radius 3 is 2.45 bits per heavy atom. The molecule has 4 heteroatoms. The molecule has 1 aromatic carbocycles. The van der Waals surface area contributed by atoms with E-state index >= 15 is 0 Å². The van der Waals surface area contributed by atoms with Gasteiger partial charge in [-0.2, -0.15) is 0 Å². The zero-order valence-corrected chi connectivity index (χ0v) is 13.5. The van der Waals surface area contributed by atoms with Gasteiger partial charge in [-0.1, -0.05) is 26.0 Å². The summed E-state index contributed by atoms with van der Waals surface area (Å²) in [5, 5.41) is 3.50. The highest BCUT2D eigenvalue weighted by molar-refractivity contribution is 7.98. The van der Waals surface area contributed by atoms with Crippen LogP contribution in [0.1, 0.15) is 38.9 Å². The Morgan fingerprint density at radius 1 is 1.30 bits per heavy atom. The first-order valence-electron chi connectivity index (χ1n) is 7.27. The van der Waals surface area contributed by atoms with Crippen molar-refractivity contribution in [3.8, 4) is 0 Å². The number of thioether (sulfide) groups is 1. The highest BCUT2D eigenvalue weighted by Crippen LogP contribution is 2.28. The van der Waals surface area contributed by atoms with Gasteiger partial charge in [0.05, 0.1) is 6.04 Å². The van der Waals surface area contributed by atoms with E-state index in [1.807, 2.05) is 11.8 Å². The maximum Gasteiger partial charge on any atom is 0.241 e. The van der Waals surface area contributed by atoms with E-state index in [4.69, 9.17) is 0 Å². The Balaban J connectivity index is 2.19. The number of nitrogens with one attached hydrogen (secondary N) is 1. The van der Waals surface area contributed by atoms with E-state index in [9.17, 15) is 4.79 Å². The van der Waals surface area contributed by atoms with Crippen LogP contribution in [0.4, 0.5) is 0 Å². The molecule has 3 nitrogen and oxygen atoms in total. The van der Waals surface area contributed by atoms with Crippen molar-refractivity contribution in [1.29, 1.82) is 0 Å². The Hall–Kier alpha value is -1.00. The van der Waals surface area contributed by atoms with Gasteiger partial charge in [0.25, 0.3) is 0 Å². The van der Waals surface area contributed by atoms with Gasteiger partial charge in [0.2, 0.25) is 5.91 Å². The van der Waals surface area contributed by atoms with Crippen LogP contribution in [-0.2, 0) is 4.79 Å². The monoisotopic (exact) mass is 292 g/mol. The van der Waals surface area contributed by atoms with Gasteiger partial charge in [-0.05, 0) is 43.2 Å². The number of amides is 1. The minimum atomic E-state index is -0.0415. The van der Waals surface area contributed by atoms with Crippen molar-refractivity contribution in [1.82, 2.24) is 10.2 Å². The summed E-state index contributed by atoms with van der Waals surface area (Å²) in [5.41, 5.74) is 1.17. The zero-order valence-electron chi connectivity index (χ0n) is 12.7. The molecule has 110 valence electrons. The molecule has 0 spiro atoms. The quantitative estimate of drug-likeness (QED) is 0.845. The summed E-state index contributed by atoms with van der Waals surface area (Å²) in [6.07, 6.45) is 2.99. The van der Waals surface area contributed by atoms with Crippen molar-refractivity contribution in [2.24, 2.45) is 5.92 Å². The fourth-order valence-electron chi connectivity index (χ4n) is 2.72. The van der Waals surface area contributed by atoms with E-state index in [1.165, 1.54) is 10.5 Å². The lowest BCUT2D eigenvalue weighted by molar-refractivity contribution is -0.130. The Labute approximate surface area is 126 Å². The molecule has 1 amide bonds. The van der Waals surface area contributed by atoms with Crippen molar-refractivity contribution in [3.63, 3.8) is 0 Å². The fourth-order valence-corrected chi connectivity index (χ4v) is 3.13. The van der Waals surface area contributed by atoms with Crippen molar-refractivity contribution in [2.45, 2.75) is 44.3 Å². The maximum absolute atomic E-state index is 12.4. The van der Waals surface area contributed by atoms with Crippen LogP contribution in [0.15, 0.2) is 29.2 Å². The number of hydrogen-bond donors (Lipinski definition) is 1. The number of carbonyl (C=O) groups excluding carboxylic acids is 1. The number of likely N-dealkylation sites (N-methyl/N-ethyl adjacent to an activating group) is 1. The number of rotatable bonds is 5. The predicted molar refractivity (Wildman–Crippen MR) is 84.7 cm³/mol. The molecular weight excluding hydrogens is 268 g/mol. The molecule has 1 N–H and O–H groups in total. The summed E-state index contributed by atoms with van der Waals surface area (Å²) in [6, 6.07) is 8.44. The van der Waals surface area contributed by atoms with E-state index in [2.05, 4.69) is 49.7 Å². The van der Waals surface area contributed by atoms with Crippen LogP contribution in [0.2, 0.25) is 0 Å².